The number of hydrogen-bond acceptors (Lipinski definition) is 10. The van der Waals surface area contributed by atoms with Gasteiger partial charge >= 0.3 is 21.3 Å². The maximum absolute atomic E-state index is 14.5. The minimum atomic E-state index is -6.15. The van der Waals surface area contributed by atoms with Crippen molar-refractivity contribution in [1.82, 2.24) is 0 Å². The first-order valence-corrected chi connectivity index (χ1v) is 19.8. The number of carbonyl (C=O) groups excluding carboxylic acids is 3. The fourth-order valence-electron chi connectivity index (χ4n) is 8.47. The highest BCUT2D eigenvalue weighted by Crippen LogP contribution is 2.90. The van der Waals surface area contributed by atoms with E-state index in [1.54, 1.807) is 7.11 Å². The Balaban J connectivity index is 1.35. The van der Waals surface area contributed by atoms with Crippen LogP contribution in [-0.2, 0) is 49.6 Å². The summed E-state index contributed by atoms with van der Waals surface area (Å²) in [4.78, 5) is 39.0. The van der Waals surface area contributed by atoms with Gasteiger partial charge in [0.15, 0.2) is 5.25 Å². The third-order valence-corrected chi connectivity index (χ3v) is 15.8. The zero-order valence-electron chi connectivity index (χ0n) is 25.9. The Kier molecular flexibility index (Phi) is 8.03. The summed E-state index contributed by atoms with van der Waals surface area (Å²) in [6.45, 7) is 7.96. The first-order chi connectivity index (χ1) is 21.3. The van der Waals surface area contributed by atoms with Gasteiger partial charge < -0.3 is 9.47 Å². The third-order valence-electron chi connectivity index (χ3n) is 10.6. The molecule has 6 rings (SSSR count). The second kappa shape index (κ2) is 10.9. The molecule has 1 spiro atoms. The van der Waals surface area contributed by atoms with Crippen LogP contribution in [0.2, 0.25) is 0 Å². The molecular weight excluding hydrogens is 671 g/mol. The number of alkyl halides is 2. The summed E-state index contributed by atoms with van der Waals surface area (Å²) < 4.78 is 101. The van der Waals surface area contributed by atoms with Crippen LogP contribution in [0.4, 0.5) is 8.78 Å². The summed E-state index contributed by atoms with van der Waals surface area (Å²) >= 11 is 0. The molecule has 0 aromatic heterocycles. The van der Waals surface area contributed by atoms with Gasteiger partial charge in [-0.15, -0.1) is 0 Å². The van der Waals surface area contributed by atoms with E-state index in [2.05, 4.69) is 0 Å². The van der Waals surface area contributed by atoms with Crippen molar-refractivity contribution in [3.63, 3.8) is 0 Å². The van der Waals surface area contributed by atoms with E-state index in [4.69, 9.17) is 18.2 Å². The molecule has 2 saturated heterocycles. The van der Waals surface area contributed by atoms with Crippen LogP contribution in [-0.4, -0.2) is 85.5 Å². The summed E-state index contributed by atoms with van der Waals surface area (Å²) in [6.07, 6.45) is -1.96. The minimum absolute atomic E-state index is 0.0272. The molecule has 8 unspecified atom stereocenters. The molecule has 16 heteroatoms. The molecule has 8 atom stereocenters. The number of ketones is 2. The number of halogens is 2. The molecule has 0 amide bonds. The van der Waals surface area contributed by atoms with E-state index in [0.29, 0.717) is 35.7 Å². The molecule has 2 aliphatic heterocycles. The number of methoxy groups -OCH3 is 1. The maximum Gasteiger partial charge on any atom is 0.465 e. The van der Waals surface area contributed by atoms with E-state index in [1.165, 1.54) is 0 Å². The molecule has 5 aliphatic rings. The van der Waals surface area contributed by atoms with Crippen LogP contribution in [0, 0.1) is 23.2 Å². The Morgan fingerprint density at radius 1 is 1.11 bits per heavy atom. The van der Waals surface area contributed by atoms with Crippen LogP contribution < -0.4 is 4.74 Å². The Hall–Kier alpha value is -2.14. The Morgan fingerprint density at radius 3 is 2.17 bits per heavy atom. The van der Waals surface area contributed by atoms with Crippen molar-refractivity contribution in [2.75, 3.05) is 18.6 Å². The topological polar surface area (TPSA) is 167 Å². The van der Waals surface area contributed by atoms with Gasteiger partial charge in [0.2, 0.25) is 5.78 Å². The Morgan fingerprint density at radius 2 is 1.67 bits per heavy atom. The number of Topliss-reactive ketones (excluding diaryl/α,β-unsaturated/α-hetero) is 2. The van der Waals surface area contributed by atoms with Crippen molar-refractivity contribution in [2.24, 2.45) is 23.2 Å². The van der Waals surface area contributed by atoms with Gasteiger partial charge in [0.05, 0.1) is 25.2 Å². The molecule has 11 nitrogen and oxygen atoms in total. The van der Waals surface area contributed by atoms with Crippen LogP contribution in [0.25, 0.3) is 0 Å². The number of benzene rings is 1. The van der Waals surface area contributed by atoms with Gasteiger partial charge in [-0.2, -0.15) is 25.6 Å². The number of carbonyl (C=O) groups is 3. The number of esters is 1. The highest BCUT2D eigenvalue weighted by Gasteiger charge is 2.99. The SMILES string of the molecule is COc1c(C(C)C)cc(C(=O)C(CC2C3C(OC(=O)C(F)(F)S(=O)(=O)O)C4OS(=O)(=O)C5C4C235)[S+]2CCC(=O)CC2)cc1C(C)C. The second-order valence-corrected chi connectivity index (χ2v) is 19.2. The molecule has 5 fully saturated rings. The van der Waals surface area contributed by atoms with Crippen molar-refractivity contribution in [3.8, 4) is 5.75 Å². The lowest BCUT2D eigenvalue weighted by Crippen LogP contribution is -2.44. The van der Waals surface area contributed by atoms with Crippen molar-refractivity contribution < 1.29 is 58.2 Å². The average molecular weight is 708 g/mol. The summed E-state index contributed by atoms with van der Waals surface area (Å²) in [7, 11) is -9.26. The number of hydrogen-bond donors (Lipinski definition) is 1. The van der Waals surface area contributed by atoms with Crippen LogP contribution in [0.3, 0.4) is 0 Å². The molecule has 3 aliphatic carbocycles. The van der Waals surface area contributed by atoms with Gasteiger partial charge in [-0.1, -0.05) is 27.7 Å². The van der Waals surface area contributed by atoms with Crippen LogP contribution in [0.15, 0.2) is 12.1 Å². The Bertz CT molecular complexity index is 1690. The van der Waals surface area contributed by atoms with Gasteiger partial charge in [-0.25, -0.2) is 4.79 Å². The van der Waals surface area contributed by atoms with Crippen molar-refractivity contribution in [1.29, 1.82) is 0 Å². The molecule has 1 N–H and O–H groups in total. The first kappa shape index (κ1) is 33.7. The second-order valence-electron chi connectivity index (χ2n) is 13.6. The van der Waals surface area contributed by atoms with Crippen molar-refractivity contribution in [3.05, 3.63) is 28.8 Å². The van der Waals surface area contributed by atoms with E-state index in [1.807, 2.05) is 39.8 Å². The quantitative estimate of drug-likeness (QED) is 0.118. The smallest absolute Gasteiger partial charge is 0.465 e. The lowest BCUT2D eigenvalue weighted by atomic mass is 9.89. The van der Waals surface area contributed by atoms with Gasteiger partial charge in [-0.05, 0) is 51.9 Å². The lowest BCUT2D eigenvalue weighted by Gasteiger charge is -2.26. The van der Waals surface area contributed by atoms with Gasteiger partial charge in [0, 0.05) is 29.2 Å². The molecular formula is C30H37F2O11S3+. The lowest BCUT2D eigenvalue weighted by molar-refractivity contribution is -0.172. The summed E-state index contributed by atoms with van der Waals surface area (Å²) in [5.74, 6) is -2.79. The molecule has 2 heterocycles. The van der Waals surface area contributed by atoms with E-state index in [0.717, 1.165) is 11.1 Å². The molecule has 0 radical (unpaired) electrons. The van der Waals surface area contributed by atoms with E-state index >= 15 is 0 Å². The van der Waals surface area contributed by atoms with Crippen molar-refractivity contribution in [2.45, 2.75) is 86.8 Å². The van der Waals surface area contributed by atoms with Crippen LogP contribution >= 0.6 is 0 Å². The zero-order valence-corrected chi connectivity index (χ0v) is 28.3. The van der Waals surface area contributed by atoms with Crippen molar-refractivity contribution >= 4 is 48.7 Å². The Labute approximate surface area is 269 Å². The highest BCUT2D eigenvalue weighted by molar-refractivity contribution is 7.98. The zero-order chi connectivity index (χ0) is 33.9. The largest absolute Gasteiger partial charge is 0.496 e. The average Bonchev–Trinajstić information content (AvgIpc) is 3.77. The fraction of sp³-hybridized carbons (Fsp3) is 0.700. The molecule has 0 bridgehead atoms. The third kappa shape index (κ3) is 4.86. The maximum atomic E-state index is 14.5. The minimum Gasteiger partial charge on any atom is -0.496 e. The molecule has 1 aromatic carbocycles. The molecule has 3 saturated carbocycles. The summed E-state index contributed by atoms with van der Waals surface area (Å²) in [6, 6.07) is 3.63. The van der Waals surface area contributed by atoms with Gasteiger partial charge in [0.1, 0.15) is 35.2 Å². The predicted molar refractivity (Wildman–Crippen MR) is 162 cm³/mol. The summed E-state index contributed by atoms with van der Waals surface area (Å²) in [5.41, 5.74) is 1.23. The monoisotopic (exact) mass is 707 g/mol. The van der Waals surface area contributed by atoms with E-state index < -0.39 is 88.2 Å². The summed E-state index contributed by atoms with van der Waals surface area (Å²) in [5, 5.41) is -6.82. The normalized spacial score (nSPS) is 33.5. The first-order valence-electron chi connectivity index (χ1n) is 15.2. The van der Waals surface area contributed by atoms with Crippen LogP contribution in [0.5, 0.6) is 5.75 Å². The predicted octanol–water partition coefficient (Wildman–Crippen LogP) is 3.23. The number of rotatable bonds is 11. The molecule has 46 heavy (non-hydrogen) atoms. The van der Waals surface area contributed by atoms with E-state index in [-0.39, 0.29) is 29.8 Å². The fourth-order valence-corrected chi connectivity index (χ4v) is 13.7. The molecule has 254 valence electrons. The van der Waals surface area contributed by atoms with E-state index in [9.17, 15) is 40.0 Å². The number of ether oxygens (including phenoxy) is 2. The van der Waals surface area contributed by atoms with Crippen LogP contribution in [0.1, 0.15) is 80.3 Å². The van der Waals surface area contributed by atoms with Gasteiger partial charge in [-0.3, -0.25) is 18.3 Å². The highest BCUT2D eigenvalue weighted by atomic mass is 32.2. The van der Waals surface area contributed by atoms with Gasteiger partial charge in [0.25, 0.3) is 10.1 Å². The standard InChI is InChI=1S/C30H36F2O11S3/c1-13(2)17-10-15(11-18(14(3)4)24(17)41-5)23(34)20(44-8-6-16(33)7-9-44)12-19-21-25(42-28(35)30(31,32)46(38,39)40)26-22-27(29(19,21)22)45(36,37)43-26/h10-11,13-14,19-22,25-27H,6-9,12H2,1-5H3/p+1. The molecule has 1 aromatic rings.